The maximum atomic E-state index is 11.9. The molecule has 0 saturated carbocycles. The fourth-order valence-electron chi connectivity index (χ4n) is 1.28. The first-order valence-electron chi connectivity index (χ1n) is 4.83. The summed E-state index contributed by atoms with van der Waals surface area (Å²) in [5.74, 6) is -0.157. The smallest absolute Gasteiger partial charge is 0.255 e. The van der Waals surface area contributed by atoms with E-state index in [2.05, 4.69) is 42.2 Å². The molecule has 0 saturated heterocycles. The highest BCUT2D eigenvalue weighted by Crippen LogP contribution is 2.15. The first-order chi connectivity index (χ1) is 8.15. The normalized spacial score (nSPS) is 10.0. The van der Waals surface area contributed by atoms with Gasteiger partial charge in [0, 0.05) is 21.9 Å². The SMILES string of the molecule is O=C(Nc1ccc(Br)cc1)c1ccnc(Br)c1. The van der Waals surface area contributed by atoms with Gasteiger partial charge in [-0.25, -0.2) is 4.98 Å². The zero-order valence-electron chi connectivity index (χ0n) is 8.65. The molecule has 1 N–H and O–H groups in total. The number of anilines is 1. The van der Waals surface area contributed by atoms with Crippen molar-refractivity contribution in [3.63, 3.8) is 0 Å². The van der Waals surface area contributed by atoms with Crippen LogP contribution >= 0.6 is 31.9 Å². The van der Waals surface area contributed by atoms with Gasteiger partial charge < -0.3 is 5.32 Å². The second-order valence-corrected chi connectivity index (χ2v) is 5.06. The molecule has 1 aromatic carbocycles. The van der Waals surface area contributed by atoms with Gasteiger partial charge in [0.05, 0.1) is 0 Å². The highest BCUT2D eigenvalue weighted by molar-refractivity contribution is 9.10. The number of nitrogens with zero attached hydrogens (tertiary/aromatic N) is 1. The van der Waals surface area contributed by atoms with Gasteiger partial charge in [0.2, 0.25) is 0 Å². The predicted molar refractivity (Wildman–Crippen MR) is 74.0 cm³/mol. The highest BCUT2D eigenvalue weighted by atomic mass is 79.9. The second kappa shape index (κ2) is 5.42. The van der Waals surface area contributed by atoms with Crippen LogP contribution in [0.1, 0.15) is 10.4 Å². The molecule has 1 aromatic heterocycles. The van der Waals surface area contributed by atoms with Crippen molar-refractivity contribution in [3.05, 3.63) is 57.2 Å². The molecule has 86 valence electrons. The number of pyridine rings is 1. The van der Waals surface area contributed by atoms with Gasteiger partial charge in [-0.3, -0.25) is 4.79 Å². The molecule has 0 aliphatic carbocycles. The van der Waals surface area contributed by atoms with Crippen molar-refractivity contribution in [2.24, 2.45) is 0 Å². The lowest BCUT2D eigenvalue weighted by molar-refractivity contribution is 0.102. The van der Waals surface area contributed by atoms with Crippen molar-refractivity contribution >= 4 is 43.5 Å². The number of nitrogens with one attached hydrogen (secondary N) is 1. The molecule has 2 rings (SSSR count). The molecule has 0 bridgehead atoms. The Morgan fingerprint density at radius 1 is 1.12 bits per heavy atom. The number of rotatable bonds is 2. The molecular formula is C12H8Br2N2O. The van der Waals surface area contributed by atoms with Gasteiger partial charge in [0.1, 0.15) is 4.60 Å². The lowest BCUT2D eigenvalue weighted by atomic mass is 10.2. The summed E-state index contributed by atoms with van der Waals surface area (Å²) in [6.45, 7) is 0. The summed E-state index contributed by atoms with van der Waals surface area (Å²) in [5.41, 5.74) is 1.32. The van der Waals surface area contributed by atoms with Crippen molar-refractivity contribution in [2.75, 3.05) is 5.32 Å². The molecule has 0 aliphatic rings. The maximum absolute atomic E-state index is 11.9. The van der Waals surface area contributed by atoms with Crippen LogP contribution in [0.3, 0.4) is 0 Å². The number of carbonyl (C=O) groups is 1. The number of amides is 1. The molecule has 0 radical (unpaired) electrons. The van der Waals surface area contributed by atoms with Gasteiger partial charge in [0.15, 0.2) is 0 Å². The highest BCUT2D eigenvalue weighted by Gasteiger charge is 2.06. The third-order valence-corrected chi connectivity index (χ3v) is 3.05. The third-order valence-electron chi connectivity index (χ3n) is 2.09. The first-order valence-corrected chi connectivity index (χ1v) is 6.42. The zero-order chi connectivity index (χ0) is 12.3. The Morgan fingerprint density at radius 2 is 1.82 bits per heavy atom. The number of carbonyl (C=O) groups excluding carboxylic acids is 1. The summed E-state index contributed by atoms with van der Waals surface area (Å²) < 4.78 is 1.61. The average Bonchev–Trinajstić information content (AvgIpc) is 2.32. The van der Waals surface area contributed by atoms with Crippen LogP contribution in [0.4, 0.5) is 5.69 Å². The Labute approximate surface area is 116 Å². The predicted octanol–water partition coefficient (Wildman–Crippen LogP) is 3.86. The molecule has 1 heterocycles. The van der Waals surface area contributed by atoms with Crippen molar-refractivity contribution < 1.29 is 4.79 Å². The number of hydrogen-bond acceptors (Lipinski definition) is 2. The number of halogens is 2. The van der Waals surface area contributed by atoms with E-state index in [4.69, 9.17) is 0 Å². The van der Waals surface area contributed by atoms with E-state index in [0.717, 1.165) is 10.2 Å². The number of benzene rings is 1. The van der Waals surface area contributed by atoms with Crippen LogP contribution in [-0.4, -0.2) is 10.9 Å². The van der Waals surface area contributed by atoms with Gasteiger partial charge in [-0.1, -0.05) is 15.9 Å². The quantitative estimate of drug-likeness (QED) is 0.831. The van der Waals surface area contributed by atoms with Crippen LogP contribution in [0.15, 0.2) is 51.7 Å². The third kappa shape index (κ3) is 3.38. The largest absolute Gasteiger partial charge is 0.322 e. The Balaban J connectivity index is 2.14. The standard InChI is InChI=1S/C12H8Br2N2O/c13-9-1-3-10(4-2-9)16-12(17)8-5-6-15-11(14)7-8/h1-7H,(H,16,17). The molecule has 5 heteroatoms. The molecule has 0 spiro atoms. The Morgan fingerprint density at radius 3 is 2.47 bits per heavy atom. The summed E-state index contributed by atoms with van der Waals surface area (Å²) in [6, 6.07) is 10.7. The summed E-state index contributed by atoms with van der Waals surface area (Å²) in [6.07, 6.45) is 1.58. The topological polar surface area (TPSA) is 42.0 Å². The molecule has 0 unspecified atom stereocenters. The first kappa shape index (κ1) is 12.3. The monoisotopic (exact) mass is 354 g/mol. The molecule has 2 aromatic rings. The maximum Gasteiger partial charge on any atom is 0.255 e. The number of hydrogen-bond donors (Lipinski definition) is 1. The molecule has 1 amide bonds. The molecular weight excluding hydrogens is 348 g/mol. The summed E-state index contributed by atoms with van der Waals surface area (Å²) >= 11 is 6.57. The van der Waals surface area contributed by atoms with E-state index in [1.54, 1.807) is 18.3 Å². The van der Waals surface area contributed by atoms with Crippen LogP contribution in [-0.2, 0) is 0 Å². The molecule has 0 aliphatic heterocycles. The van der Waals surface area contributed by atoms with E-state index < -0.39 is 0 Å². The van der Waals surface area contributed by atoms with Gasteiger partial charge in [-0.05, 0) is 52.3 Å². The van der Waals surface area contributed by atoms with E-state index >= 15 is 0 Å². The van der Waals surface area contributed by atoms with Gasteiger partial charge in [0.25, 0.3) is 5.91 Å². The van der Waals surface area contributed by atoms with Gasteiger partial charge in [-0.2, -0.15) is 0 Å². The van der Waals surface area contributed by atoms with E-state index in [1.807, 2.05) is 24.3 Å². The average molecular weight is 356 g/mol. The minimum Gasteiger partial charge on any atom is -0.322 e. The lowest BCUT2D eigenvalue weighted by Crippen LogP contribution is -2.11. The minimum absolute atomic E-state index is 0.157. The van der Waals surface area contributed by atoms with Crippen LogP contribution in [0.5, 0.6) is 0 Å². The van der Waals surface area contributed by atoms with E-state index in [1.165, 1.54) is 0 Å². The summed E-state index contributed by atoms with van der Waals surface area (Å²) in [5, 5.41) is 2.80. The summed E-state index contributed by atoms with van der Waals surface area (Å²) in [7, 11) is 0. The summed E-state index contributed by atoms with van der Waals surface area (Å²) in [4.78, 5) is 15.9. The Bertz CT molecular complexity index is 540. The van der Waals surface area contributed by atoms with E-state index in [0.29, 0.717) is 10.2 Å². The molecule has 0 atom stereocenters. The zero-order valence-corrected chi connectivity index (χ0v) is 11.8. The Kier molecular flexibility index (Phi) is 3.91. The second-order valence-electron chi connectivity index (χ2n) is 3.33. The van der Waals surface area contributed by atoms with Crippen LogP contribution in [0.2, 0.25) is 0 Å². The lowest BCUT2D eigenvalue weighted by Gasteiger charge is -2.05. The van der Waals surface area contributed by atoms with Crippen molar-refractivity contribution in [1.82, 2.24) is 4.98 Å². The van der Waals surface area contributed by atoms with Crippen molar-refractivity contribution in [1.29, 1.82) is 0 Å². The van der Waals surface area contributed by atoms with Crippen LogP contribution in [0.25, 0.3) is 0 Å². The fraction of sp³-hybridized carbons (Fsp3) is 0. The van der Waals surface area contributed by atoms with Crippen molar-refractivity contribution in [2.45, 2.75) is 0 Å². The van der Waals surface area contributed by atoms with Crippen LogP contribution in [0, 0.1) is 0 Å². The number of aromatic nitrogens is 1. The van der Waals surface area contributed by atoms with Gasteiger partial charge in [-0.15, -0.1) is 0 Å². The Hall–Kier alpha value is -1.20. The van der Waals surface area contributed by atoms with Gasteiger partial charge >= 0.3 is 0 Å². The van der Waals surface area contributed by atoms with E-state index in [-0.39, 0.29) is 5.91 Å². The molecule has 0 fully saturated rings. The fourth-order valence-corrected chi connectivity index (χ4v) is 1.91. The minimum atomic E-state index is -0.157. The van der Waals surface area contributed by atoms with Crippen LogP contribution < -0.4 is 5.32 Å². The molecule has 17 heavy (non-hydrogen) atoms. The molecule has 3 nitrogen and oxygen atoms in total. The van der Waals surface area contributed by atoms with Crippen molar-refractivity contribution in [3.8, 4) is 0 Å². The van der Waals surface area contributed by atoms with E-state index in [9.17, 15) is 4.79 Å².